The van der Waals surface area contributed by atoms with Crippen LogP contribution >= 0.6 is 0 Å². The second-order valence-corrected chi connectivity index (χ2v) is 8.76. The smallest absolute Gasteiger partial charge is 0.339 e. The Morgan fingerprint density at radius 3 is 2.26 bits per heavy atom. The minimum Gasteiger partial charge on any atom is -0.457 e. The second-order valence-electron chi connectivity index (χ2n) is 8.76. The summed E-state index contributed by atoms with van der Waals surface area (Å²) in [5.41, 5.74) is 2.92. The van der Waals surface area contributed by atoms with Crippen LogP contribution in [0.5, 0.6) is 11.5 Å². The third-order valence-electron chi connectivity index (χ3n) is 6.10. The average Bonchev–Trinajstić information content (AvgIpc) is 3.41. The monoisotopic (exact) mass is 514 g/mol. The molecular formula is C32H22N2O5. The van der Waals surface area contributed by atoms with Gasteiger partial charge in [-0.05, 0) is 66.0 Å². The fraction of sp³-hybridized carbons (Fsp3) is 0.0312. The second kappa shape index (κ2) is 10.5. The predicted molar refractivity (Wildman–Crippen MR) is 149 cm³/mol. The van der Waals surface area contributed by atoms with Gasteiger partial charge >= 0.3 is 5.97 Å². The van der Waals surface area contributed by atoms with Crippen molar-refractivity contribution in [1.29, 1.82) is 0 Å². The highest BCUT2D eigenvalue weighted by Gasteiger charge is 2.19. The van der Waals surface area contributed by atoms with Gasteiger partial charge < -0.3 is 19.2 Å². The van der Waals surface area contributed by atoms with Crippen molar-refractivity contribution in [1.82, 2.24) is 4.98 Å². The maximum atomic E-state index is 13.1. The molecule has 0 saturated heterocycles. The molecule has 1 N–H and O–H groups in total. The Hall–Kier alpha value is -5.43. The minimum absolute atomic E-state index is 0.320. The van der Waals surface area contributed by atoms with Gasteiger partial charge in [-0.1, -0.05) is 54.6 Å². The van der Waals surface area contributed by atoms with Gasteiger partial charge in [-0.2, -0.15) is 0 Å². The summed E-state index contributed by atoms with van der Waals surface area (Å²) in [6.45, 7) is -0.442. The molecule has 190 valence electrons. The van der Waals surface area contributed by atoms with Crippen LogP contribution in [0.4, 0.5) is 5.69 Å². The number of ether oxygens (including phenoxy) is 2. The van der Waals surface area contributed by atoms with Crippen LogP contribution in [0.2, 0.25) is 0 Å². The van der Waals surface area contributed by atoms with E-state index in [0.717, 1.165) is 10.9 Å². The van der Waals surface area contributed by atoms with Crippen LogP contribution in [0.3, 0.4) is 0 Å². The normalized spacial score (nSPS) is 10.9. The van der Waals surface area contributed by atoms with Crippen molar-refractivity contribution >= 4 is 39.4 Å². The molecule has 7 heteroatoms. The van der Waals surface area contributed by atoms with E-state index in [4.69, 9.17) is 13.9 Å². The highest BCUT2D eigenvalue weighted by atomic mass is 16.5. The van der Waals surface area contributed by atoms with Crippen LogP contribution in [0.1, 0.15) is 10.4 Å². The Morgan fingerprint density at radius 2 is 1.46 bits per heavy atom. The van der Waals surface area contributed by atoms with Crippen molar-refractivity contribution in [3.8, 4) is 23.0 Å². The molecule has 1 heterocycles. The molecule has 0 spiro atoms. The standard InChI is InChI=1S/C32H22N2O5/c35-29(33-22-16-18-24(19-17-22)38-23-10-2-1-3-11-23)20-37-32(36)26-13-7-9-21-8-6-12-25(30(21)26)31-34-27-14-4-5-15-28(27)39-31/h1-19H,20H2,(H,33,35). The van der Waals surface area contributed by atoms with E-state index in [0.29, 0.717) is 45.2 Å². The molecule has 0 bridgehead atoms. The third-order valence-corrected chi connectivity index (χ3v) is 6.10. The SMILES string of the molecule is O=C(COC(=O)c1cccc2cccc(-c3nc4ccccc4o3)c12)Nc1ccc(Oc2ccccc2)cc1. The topological polar surface area (TPSA) is 90.7 Å². The van der Waals surface area contributed by atoms with E-state index >= 15 is 0 Å². The first-order valence-electron chi connectivity index (χ1n) is 12.3. The first kappa shape index (κ1) is 23.9. The number of hydrogen-bond donors (Lipinski definition) is 1. The molecule has 7 nitrogen and oxygen atoms in total. The number of aromatic nitrogens is 1. The fourth-order valence-corrected chi connectivity index (χ4v) is 4.31. The molecule has 0 fully saturated rings. The number of amides is 1. The van der Waals surface area contributed by atoms with Crippen LogP contribution in [-0.4, -0.2) is 23.5 Å². The minimum atomic E-state index is -0.620. The molecule has 0 radical (unpaired) electrons. The largest absolute Gasteiger partial charge is 0.457 e. The number of nitrogens with zero attached hydrogens (tertiary/aromatic N) is 1. The zero-order valence-corrected chi connectivity index (χ0v) is 20.7. The van der Waals surface area contributed by atoms with Gasteiger partial charge in [-0.3, -0.25) is 4.79 Å². The quantitative estimate of drug-likeness (QED) is 0.226. The lowest BCUT2D eigenvalue weighted by Gasteiger charge is -2.11. The molecule has 1 amide bonds. The molecule has 0 aliphatic rings. The lowest BCUT2D eigenvalue weighted by atomic mass is 9.99. The Labute approximate surface area is 223 Å². The van der Waals surface area contributed by atoms with E-state index in [-0.39, 0.29) is 0 Å². The van der Waals surface area contributed by atoms with Crippen molar-refractivity contribution in [3.63, 3.8) is 0 Å². The predicted octanol–water partition coefficient (Wildman–Crippen LogP) is 7.24. The molecule has 1 aromatic heterocycles. The Morgan fingerprint density at radius 1 is 0.744 bits per heavy atom. The van der Waals surface area contributed by atoms with Gasteiger partial charge in [-0.15, -0.1) is 0 Å². The first-order chi connectivity index (χ1) is 19.1. The van der Waals surface area contributed by atoms with E-state index in [2.05, 4.69) is 10.3 Å². The molecule has 0 atom stereocenters. The summed E-state index contributed by atoms with van der Waals surface area (Å²) in [4.78, 5) is 30.2. The molecule has 6 rings (SSSR count). The van der Waals surface area contributed by atoms with Crippen molar-refractivity contribution < 1.29 is 23.5 Å². The van der Waals surface area contributed by atoms with Crippen LogP contribution < -0.4 is 10.1 Å². The van der Waals surface area contributed by atoms with E-state index in [1.165, 1.54) is 0 Å². The molecule has 0 unspecified atom stereocenters. The number of para-hydroxylation sites is 3. The molecule has 0 aliphatic carbocycles. The van der Waals surface area contributed by atoms with E-state index < -0.39 is 18.5 Å². The Bertz CT molecular complexity index is 1750. The number of rotatable bonds is 7. The van der Waals surface area contributed by atoms with Gasteiger partial charge in [0.15, 0.2) is 12.2 Å². The molecule has 5 aromatic carbocycles. The van der Waals surface area contributed by atoms with E-state index in [1.54, 1.807) is 36.4 Å². The number of hydrogen-bond acceptors (Lipinski definition) is 6. The van der Waals surface area contributed by atoms with Gasteiger partial charge in [0.2, 0.25) is 5.89 Å². The van der Waals surface area contributed by atoms with Crippen LogP contribution in [-0.2, 0) is 9.53 Å². The summed E-state index contributed by atoms with van der Waals surface area (Å²) in [5, 5.41) is 4.20. The van der Waals surface area contributed by atoms with Gasteiger partial charge in [-0.25, -0.2) is 9.78 Å². The lowest BCUT2D eigenvalue weighted by molar-refractivity contribution is -0.119. The van der Waals surface area contributed by atoms with Gasteiger partial charge in [0.25, 0.3) is 5.91 Å². The summed E-state index contributed by atoms with van der Waals surface area (Å²) in [6, 6.07) is 34.8. The number of fused-ring (bicyclic) bond motifs is 2. The fourth-order valence-electron chi connectivity index (χ4n) is 4.31. The van der Waals surface area contributed by atoms with Crippen LogP contribution in [0, 0.1) is 0 Å². The molecule has 0 saturated carbocycles. The summed E-state index contributed by atoms with van der Waals surface area (Å²) >= 11 is 0. The van der Waals surface area contributed by atoms with Crippen LogP contribution in [0.25, 0.3) is 33.3 Å². The summed E-state index contributed by atoms with van der Waals surface area (Å²) in [5.74, 6) is 0.676. The van der Waals surface area contributed by atoms with Gasteiger partial charge in [0.05, 0.1) is 5.56 Å². The van der Waals surface area contributed by atoms with Crippen molar-refractivity contribution in [3.05, 3.63) is 121 Å². The number of anilines is 1. The van der Waals surface area contributed by atoms with E-state index in [9.17, 15) is 9.59 Å². The maximum Gasteiger partial charge on any atom is 0.339 e. The van der Waals surface area contributed by atoms with Gasteiger partial charge in [0.1, 0.15) is 17.0 Å². The summed E-state index contributed by atoms with van der Waals surface area (Å²) in [7, 11) is 0. The molecule has 39 heavy (non-hydrogen) atoms. The van der Waals surface area contributed by atoms with Crippen LogP contribution in [0.15, 0.2) is 120 Å². The first-order valence-corrected chi connectivity index (χ1v) is 12.3. The zero-order valence-electron chi connectivity index (χ0n) is 20.7. The number of esters is 1. The van der Waals surface area contributed by atoms with Crippen molar-refractivity contribution in [2.24, 2.45) is 0 Å². The lowest BCUT2D eigenvalue weighted by Crippen LogP contribution is -2.21. The molecule has 6 aromatic rings. The number of carbonyl (C=O) groups is 2. The third kappa shape index (κ3) is 5.19. The summed E-state index contributed by atoms with van der Waals surface area (Å²) < 4.78 is 17.1. The summed E-state index contributed by atoms with van der Waals surface area (Å²) in [6.07, 6.45) is 0. The number of carbonyl (C=O) groups excluding carboxylic acids is 2. The Balaban J connectivity index is 1.16. The molecular weight excluding hydrogens is 492 g/mol. The number of nitrogens with one attached hydrogen (secondary N) is 1. The molecule has 0 aliphatic heterocycles. The van der Waals surface area contributed by atoms with Gasteiger partial charge in [0, 0.05) is 16.6 Å². The number of oxazole rings is 1. The van der Waals surface area contributed by atoms with E-state index in [1.807, 2.05) is 78.9 Å². The average molecular weight is 515 g/mol. The Kier molecular flexibility index (Phi) is 6.45. The zero-order chi connectivity index (χ0) is 26.6. The van der Waals surface area contributed by atoms with Crippen molar-refractivity contribution in [2.45, 2.75) is 0 Å². The highest BCUT2D eigenvalue weighted by Crippen LogP contribution is 2.33. The number of benzene rings is 5. The maximum absolute atomic E-state index is 13.1. The van der Waals surface area contributed by atoms with Crippen molar-refractivity contribution in [2.75, 3.05) is 11.9 Å². The highest BCUT2D eigenvalue weighted by molar-refractivity contribution is 6.10.